The van der Waals surface area contributed by atoms with E-state index in [1.807, 2.05) is 0 Å². The predicted octanol–water partition coefficient (Wildman–Crippen LogP) is 3.18. The molecular weight excluding hydrogens is 752 g/mol. The number of carboxylic acids is 1. The highest BCUT2D eigenvalue weighted by Gasteiger charge is 1.98. The summed E-state index contributed by atoms with van der Waals surface area (Å²) in [5.41, 5.74) is 0. The number of hydrogen-bond donors (Lipinski definition) is 3. The molecule has 0 bridgehead atoms. The summed E-state index contributed by atoms with van der Waals surface area (Å²) in [5, 5.41) is 25.6. The third-order valence-electron chi connectivity index (χ3n) is 7.43. The first-order valence-corrected chi connectivity index (χ1v) is 21.1. The Hall–Kier alpha value is -1.13. The average Bonchev–Trinajstić information content (AvgIpc) is 3.21. The van der Waals surface area contributed by atoms with Crippen molar-refractivity contribution >= 4 is 5.97 Å². The lowest BCUT2D eigenvalue weighted by molar-refractivity contribution is -0.137. The van der Waals surface area contributed by atoms with E-state index < -0.39 is 5.97 Å². The van der Waals surface area contributed by atoms with Crippen LogP contribution in [0.15, 0.2) is 0 Å². The minimum atomic E-state index is -0.659. The van der Waals surface area contributed by atoms with Gasteiger partial charge >= 0.3 is 5.97 Å². The molecule has 0 saturated carbocycles. The van der Waals surface area contributed by atoms with E-state index in [0.717, 1.165) is 12.8 Å². The Morgan fingerprint density at radius 2 is 0.474 bits per heavy atom. The zero-order chi connectivity index (χ0) is 41.6. The number of aliphatic carboxylic acids is 1. The molecule has 0 heterocycles. The second-order valence-corrected chi connectivity index (χ2v) is 12.4. The molecule has 17 heteroatoms. The highest BCUT2D eigenvalue weighted by molar-refractivity contribution is 5.66. The summed E-state index contributed by atoms with van der Waals surface area (Å²) < 4.78 is 69.7. The van der Waals surface area contributed by atoms with E-state index in [9.17, 15) is 4.79 Å². The molecule has 57 heavy (non-hydrogen) atoms. The molecule has 0 aliphatic heterocycles. The molecule has 0 aliphatic carbocycles. The van der Waals surface area contributed by atoms with E-state index in [1.54, 1.807) is 0 Å². The number of ether oxygens (including phenoxy) is 13. The smallest absolute Gasteiger partial charge is 0.303 e. The van der Waals surface area contributed by atoms with E-state index in [2.05, 4.69) is 6.92 Å². The van der Waals surface area contributed by atoms with Gasteiger partial charge in [0.05, 0.1) is 185 Å². The minimum absolute atomic E-state index is 0.0234. The number of carbonyl (C=O) groups is 1. The number of rotatable bonds is 50. The van der Waals surface area contributed by atoms with Crippen LogP contribution < -0.4 is 0 Å². The van der Waals surface area contributed by atoms with Gasteiger partial charge in [-0.15, -0.1) is 0 Å². The Balaban J connectivity index is 0. The van der Waals surface area contributed by atoms with Crippen LogP contribution in [0.25, 0.3) is 0 Å². The normalized spacial score (nSPS) is 11.3. The van der Waals surface area contributed by atoms with Crippen molar-refractivity contribution in [2.75, 3.05) is 185 Å². The molecule has 3 N–H and O–H groups in total. The van der Waals surface area contributed by atoms with Crippen molar-refractivity contribution in [1.82, 2.24) is 0 Å². The van der Waals surface area contributed by atoms with Crippen LogP contribution in [0.5, 0.6) is 0 Å². The van der Waals surface area contributed by atoms with Crippen molar-refractivity contribution in [1.29, 1.82) is 0 Å². The van der Waals surface area contributed by atoms with E-state index in [-0.39, 0.29) is 13.2 Å². The zero-order valence-electron chi connectivity index (χ0n) is 35.4. The van der Waals surface area contributed by atoms with Gasteiger partial charge in [0.2, 0.25) is 0 Å². The Kier molecular flexibility index (Phi) is 57.9. The fraction of sp³-hybridized carbons (Fsp3) is 0.975. The Labute approximate surface area is 343 Å². The summed E-state index contributed by atoms with van der Waals surface area (Å²) in [6.07, 6.45) is 11.5. The molecule has 0 aromatic heterocycles. The number of unbranched alkanes of at least 4 members (excludes halogenated alkanes) is 8. The largest absolute Gasteiger partial charge is 0.481 e. The third kappa shape index (κ3) is 61.7. The number of carboxylic acid groups (broad SMARTS) is 1. The van der Waals surface area contributed by atoms with E-state index in [1.165, 1.54) is 44.9 Å². The van der Waals surface area contributed by atoms with Crippen molar-refractivity contribution in [2.24, 2.45) is 0 Å². The summed E-state index contributed by atoms with van der Waals surface area (Å²) in [7, 11) is 0. The standard InChI is InChI=1S/C28H58O15.C12H24O2/c29-1-3-31-5-7-33-9-11-35-13-15-37-17-19-39-21-23-41-25-27-43-28-26-42-24-22-40-20-18-38-16-14-36-12-10-34-8-6-32-4-2-30;1-2-3-4-5-6-7-8-9-10-11-12(13)14/h29-30H,1-28H2;2-11H2,1H3,(H,13,14). The predicted molar refractivity (Wildman–Crippen MR) is 214 cm³/mol. The number of hydrogen-bond acceptors (Lipinski definition) is 16. The third-order valence-corrected chi connectivity index (χ3v) is 7.43. The van der Waals surface area contributed by atoms with Crippen molar-refractivity contribution in [3.63, 3.8) is 0 Å². The zero-order valence-corrected chi connectivity index (χ0v) is 35.4. The molecule has 0 spiro atoms. The number of aliphatic hydroxyl groups excluding tert-OH is 2. The van der Waals surface area contributed by atoms with Crippen molar-refractivity contribution in [2.45, 2.75) is 71.1 Å². The second kappa shape index (κ2) is 57.0. The van der Waals surface area contributed by atoms with Gasteiger partial charge < -0.3 is 76.9 Å². The van der Waals surface area contributed by atoms with E-state index >= 15 is 0 Å². The maximum absolute atomic E-state index is 10.2. The minimum Gasteiger partial charge on any atom is -0.481 e. The molecular formula is C40H82O17. The van der Waals surface area contributed by atoms with Gasteiger partial charge in [-0.05, 0) is 6.42 Å². The fourth-order valence-electron chi connectivity index (χ4n) is 4.46. The monoisotopic (exact) mass is 835 g/mol. The fourth-order valence-corrected chi connectivity index (χ4v) is 4.46. The lowest BCUT2D eigenvalue weighted by Crippen LogP contribution is -2.15. The van der Waals surface area contributed by atoms with Gasteiger partial charge in [0, 0.05) is 6.42 Å². The van der Waals surface area contributed by atoms with Gasteiger partial charge in [-0.25, -0.2) is 0 Å². The highest BCUT2D eigenvalue weighted by atomic mass is 16.6. The molecule has 17 nitrogen and oxygen atoms in total. The molecule has 344 valence electrons. The van der Waals surface area contributed by atoms with Crippen LogP contribution in [-0.2, 0) is 66.4 Å². The van der Waals surface area contributed by atoms with E-state index in [0.29, 0.717) is 178 Å². The lowest BCUT2D eigenvalue weighted by Gasteiger charge is -2.09. The average molecular weight is 835 g/mol. The molecule has 0 aliphatic rings. The molecule has 0 fully saturated rings. The van der Waals surface area contributed by atoms with Crippen molar-refractivity contribution in [3.8, 4) is 0 Å². The van der Waals surface area contributed by atoms with Gasteiger partial charge in [0.15, 0.2) is 0 Å². The topological polar surface area (TPSA) is 198 Å². The van der Waals surface area contributed by atoms with Crippen LogP contribution in [-0.4, -0.2) is 206 Å². The highest BCUT2D eigenvalue weighted by Crippen LogP contribution is 2.10. The molecule has 0 saturated heterocycles. The van der Waals surface area contributed by atoms with Crippen molar-refractivity contribution < 1.29 is 81.7 Å². The number of aliphatic hydroxyl groups is 2. The Morgan fingerprint density at radius 3 is 0.649 bits per heavy atom. The van der Waals surface area contributed by atoms with Crippen LogP contribution in [0.3, 0.4) is 0 Å². The van der Waals surface area contributed by atoms with Crippen LogP contribution in [0, 0.1) is 0 Å². The summed E-state index contributed by atoms with van der Waals surface area (Å²) in [4.78, 5) is 10.2. The summed E-state index contributed by atoms with van der Waals surface area (Å²) in [5.74, 6) is -0.659. The first-order chi connectivity index (χ1) is 28.2. The summed E-state index contributed by atoms with van der Waals surface area (Å²) in [6, 6.07) is 0. The van der Waals surface area contributed by atoms with Gasteiger partial charge in [-0.3, -0.25) is 4.79 Å². The Morgan fingerprint density at radius 1 is 0.298 bits per heavy atom. The lowest BCUT2D eigenvalue weighted by atomic mass is 10.1. The van der Waals surface area contributed by atoms with Crippen LogP contribution >= 0.6 is 0 Å². The second-order valence-electron chi connectivity index (χ2n) is 12.4. The first kappa shape index (κ1) is 58.0. The molecule has 0 amide bonds. The van der Waals surface area contributed by atoms with Gasteiger partial charge in [0.25, 0.3) is 0 Å². The van der Waals surface area contributed by atoms with Gasteiger partial charge in [0.1, 0.15) is 0 Å². The maximum Gasteiger partial charge on any atom is 0.303 e. The molecule has 0 aromatic carbocycles. The van der Waals surface area contributed by atoms with Gasteiger partial charge in [-0.2, -0.15) is 0 Å². The summed E-state index contributed by atoms with van der Waals surface area (Å²) in [6.45, 7) is 14.9. The van der Waals surface area contributed by atoms with Crippen LogP contribution in [0.4, 0.5) is 0 Å². The SMILES string of the molecule is CCCCCCCCCCCC(=O)O.OCCOCCOCCOCCOCCOCCOCCOCCOCCOCCOCCOCCOCCOCCO. The van der Waals surface area contributed by atoms with E-state index in [4.69, 9.17) is 76.9 Å². The summed E-state index contributed by atoms with van der Waals surface area (Å²) >= 11 is 0. The molecule has 0 unspecified atom stereocenters. The van der Waals surface area contributed by atoms with Crippen LogP contribution in [0.2, 0.25) is 0 Å². The first-order valence-electron chi connectivity index (χ1n) is 21.1. The van der Waals surface area contributed by atoms with Crippen molar-refractivity contribution in [3.05, 3.63) is 0 Å². The quantitative estimate of drug-likeness (QED) is 0.0755. The van der Waals surface area contributed by atoms with Crippen LogP contribution in [0.1, 0.15) is 71.1 Å². The van der Waals surface area contributed by atoms with Gasteiger partial charge in [-0.1, -0.05) is 58.3 Å². The molecule has 0 aromatic rings. The molecule has 0 rings (SSSR count). The Bertz CT molecular complexity index is 671. The maximum atomic E-state index is 10.2. The molecule has 0 atom stereocenters. The molecule has 0 radical (unpaired) electrons.